The molecule has 0 amide bonds. The minimum absolute atomic E-state index is 0.0848. The Morgan fingerprint density at radius 1 is 1.26 bits per heavy atom. The molecule has 0 radical (unpaired) electrons. The highest BCUT2D eigenvalue weighted by atomic mass is 32.2. The molecule has 2 aliphatic heterocycles. The first kappa shape index (κ1) is 12.9. The second-order valence-corrected chi connectivity index (χ2v) is 6.98. The van der Waals surface area contributed by atoms with Crippen molar-refractivity contribution in [2.75, 3.05) is 20.1 Å². The van der Waals surface area contributed by atoms with Gasteiger partial charge in [0.2, 0.25) is 10.0 Å². The Bertz CT molecular complexity index is 573. The van der Waals surface area contributed by atoms with Gasteiger partial charge in [-0.05, 0) is 38.1 Å². The normalized spacial score (nSPS) is 30.4. The minimum Gasteiger partial charge on any atom is -0.487 e. The van der Waals surface area contributed by atoms with Crippen LogP contribution < -0.4 is 10.1 Å². The van der Waals surface area contributed by atoms with E-state index >= 15 is 0 Å². The molecule has 1 aromatic rings. The van der Waals surface area contributed by atoms with E-state index in [1.54, 1.807) is 25.2 Å². The van der Waals surface area contributed by atoms with Crippen molar-refractivity contribution in [3.63, 3.8) is 0 Å². The zero-order valence-electron chi connectivity index (χ0n) is 10.9. The predicted octanol–water partition coefficient (Wildman–Crippen LogP) is 0.820. The first-order valence-electron chi connectivity index (χ1n) is 6.55. The molecule has 2 aliphatic rings. The summed E-state index contributed by atoms with van der Waals surface area (Å²) in [5, 5.41) is 3.29. The van der Waals surface area contributed by atoms with Crippen molar-refractivity contribution in [3.8, 4) is 5.75 Å². The van der Waals surface area contributed by atoms with Gasteiger partial charge >= 0.3 is 0 Å². The monoisotopic (exact) mass is 282 g/mol. The van der Waals surface area contributed by atoms with Crippen LogP contribution in [0.25, 0.3) is 0 Å². The third-order valence-electron chi connectivity index (χ3n) is 3.90. The summed E-state index contributed by atoms with van der Waals surface area (Å²) in [5.74, 6) is 0.476. The summed E-state index contributed by atoms with van der Waals surface area (Å²) in [6.45, 7) is 1.68. The van der Waals surface area contributed by atoms with Crippen LogP contribution in [0.4, 0.5) is 0 Å². The molecule has 1 fully saturated rings. The zero-order chi connectivity index (χ0) is 13.5. The SMILES string of the molecule is CN1[C@H]2CCNCC[C@@H]2Oc2ccccc2S1(=O)=O. The Balaban J connectivity index is 2.11. The molecule has 3 rings (SSSR count). The molecule has 104 valence electrons. The summed E-state index contributed by atoms with van der Waals surface area (Å²) in [5.41, 5.74) is 0. The topological polar surface area (TPSA) is 58.6 Å². The molecule has 1 saturated heterocycles. The third-order valence-corrected chi connectivity index (χ3v) is 5.83. The number of sulfonamides is 1. The lowest BCUT2D eigenvalue weighted by Crippen LogP contribution is -2.44. The van der Waals surface area contributed by atoms with E-state index < -0.39 is 10.0 Å². The van der Waals surface area contributed by atoms with E-state index in [2.05, 4.69) is 5.32 Å². The summed E-state index contributed by atoms with van der Waals surface area (Å²) in [7, 11) is -1.81. The van der Waals surface area contributed by atoms with E-state index in [0.717, 1.165) is 25.9 Å². The Morgan fingerprint density at radius 3 is 2.84 bits per heavy atom. The lowest BCUT2D eigenvalue weighted by atomic mass is 10.1. The third kappa shape index (κ3) is 2.13. The van der Waals surface area contributed by atoms with Crippen LogP contribution in [0.3, 0.4) is 0 Å². The van der Waals surface area contributed by atoms with Crippen LogP contribution in [0.15, 0.2) is 29.2 Å². The first-order valence-corrected chi connectivity index (χ1v) is 7.99. The molecular weight excluding hydrogens is 264 g/mol. The summed E-state index contributed by atoms with van der Waals surface area (Å²) in [6.07, 6.45) is 1.51. The molecule has 2 heterocycles. The van der Waals surface area contributed by atoms with Gasteiger partial charge in [0.25, 0.3) is 0 Å². The first-order chi connectivity index (χ1) is 9.10. The highest BCUT2D eigenvalue weighted by Crippen LogP contribution is 2.34. The molecule has 19 heavy (non-hydrogen) atoms. The molecule has 5 nitrogen and oxygen atoms in total. The number of benzene rings is 1. The Labute approximate surface area is 113 Å². The van der Waals surface area contributed by atoms with E-state index in [4.69, 9.17) is 4.74 Å². The molecular formula is C13H18N2O3S. The van der Waals surface area contributed by atoms with E-state index in [1.807, 2.05) is 6.07 Å². The molecule has 1 N–H and O–H groups in total. The number of rotatable bonds is 0. The van der Waals surface area contributed by atoms with Gasteiger partial charge < -0.3 is 10.1 Å². The summed E-state index contributed by atoms with van der Waals surface area (Å²) in [6, 6.07) is 6.79. The second kappa shape index (κ2) is 4.77. The minimum atomic E-state index is -3.46. The van der Waals surface area contributed by atoms with Gasteiger partial charge in [0.05, 0.1) is 6.04 Å². The van der Waals surface area contributed by atoms with E-state index in [0.29, 0.717) is 5.75 Å². The summed E-state index contributed by atoms with van der Waals surface area (Å²) >= 11 is 0. The lowest BCUT2D eigenvalue weighted by molar-refractivity contribution is 0.123. The maximum atomic E-state index is 12.6. The van der Waals surface area contributed by atoms with Gasteiger partial charge in [-0.1, -0.05) is 12.1 Å². The van der Waals surface area contributed by atoms with Crippen LogP contribution in [0.1, 0.15) is 12.8 Å². The highest BCUT2D eigenvalue weighted by Gasteiger charge is 2.40. The number of likely N-dealkylation sites (N-methyl/N-ethyl adjacent to an activating group) is 1. The van der Waals surface area contributed by atoms with Gasteiger partial charge in [-0.3, -0.25) is 0 Å². The van der Waals surface area contributed by atoms with Crippen LogP contribution in [-0.4, -0.2) is 45.0 Å². The number of hydrogen-bond acceptors (Lipinski definition) is 4. The number of nitrogens with one attached hydrogen (secondary N) is 1. The average Bonchev–Trinajstić information content (AvgIpc) is 2.66. The van der Waals surface area contributed by atoms with Gasteiger partial charge in [-0.2, -0.15) is 4.31 Å². The highest BCUT2D eigenvalue weighted by molar-refractivity contribution is 7.89. The fourth-order valence-corrected chi connectivity index (χ4v) is 4.34. The van der Waals surface area contributed by atoms with Crippen molar-refractivity contribution in [2.45, 2.75) is 29.9 Å². The van der Waals surface area contributed by atoms with Crippen LogP contribution in [-0.2, 0) is 10.0 Å². The zero-order valence-corrected chi connectivity index (χ0v) is 11.7. The number of nitrogens with zero attached hydrogens (tertiary/aromatic N) is 1. The molecule has 0 aliphatic carbocycles. The van der Waals surface area contributed by atoms with E-state index in [-0.39, 0.29) is 17.0 Å². The van der Waals surface area contributed by atoms with Gasteiger partial charge in [-0.15, -0.1) is 0 Å². The van der Waals surface area contributed by atoms with Gasteiger partial charge in [-0.25, -0.2) is 8.42 Å². The largest absolute Gasteiger partial charge is 0.487 e. The fraction of sp³-hybridized carbons (Fsp3) is 0.538. The molecule has 6 heteroatoms. The van der Waals surface area contributed by atoms with Crippen molar-refractivity contribution >= 4 is 10.0 Å². The number of ether oxygens (including phenoxy) is 1. The maximum Gasteiger partial charge on any atom is 0.246 e. The van der Waals surface area contributed by atoms with Crippen molar-refractivity contribution in [1.82, 2.24) is 9.62 Å². The maximum absolute atomic E-state index is 12.6. The standard InChI is InChI=1S/C13H18N2O3S/c1-15-10-6-8-14-9-7-11(10)18-12-4-2-3-5-13(12)19(15,16)17/h2-5,10-11,14H,6-9H2,1H3/t10-,11-/m0/s1. The second-order valence-electron chi connectivity index (χ2n) is 5.02. The van der Waals surface area contributed by atoms with Gasteiger partial charge in [0.15, 0.2) is 0 Å². The van der Waals surface area contributed by atoms with E-state index in [1.165, 1.54) is 4.31 Å². The Kier molecular flexibility index (Phi) is 3.24. The summed E-state index contributed by atoms with van der Waals surface area (Å²) < 4.78 is 32.7. The van der Waals surface area contributed by atoms with Crippen LogP contribution in [0.5, 0.6) is 5.75 Å². The Hall–Kier alpha value is -1.11. The van der Waals surface area contributed by atoms with Crippen LogP contribution >= 0.6 is 0 Å². The molecule has 2 atom stereocenters. The number of fused-ring (bicyclic) bond motifs is 2. The number of para-hydroxylation sites is 1. The van der Waals surface area contributed by atoms with Gasteiger partial charge in [0.1, 0.15) is 16.7 Å². The lowest BCUT2D eigenvalue weighted by Gasteiger charge is -2.28. The predicted molar refractivity (Wildman–Crippen MR) is 71.7 cm³/mol. The molecule has 0 saturated carbocycles. The molecule has 0 spiro atoms. The molecule has 1 aromatic carbocycles. The van der Waals surface area contributed by atoms with Crippen molar-refractivity contribution in [2.24, 2.45) is 0 Å². The number of hydrogen-bond donors (Lipinski definition) is 1. The van der Waals surface area contributed by atoms with Crippen molar-refractivity contribution in [1.29, 1.82) is 0 Å². The Morgan fingerprint density at radius 2 is 2.00 bits per heavy atom. The van der Waals surface area contributed by atoms with E-state index in [9.17, 15) is 8.42 Å². The van der Waals surface area contributed by atoms with Crippen molar-refractivity contribution < 1.29 is 13.2 Å². The smallest absolute Gasteiger partial charge is 0.246 e. The van der Waals surface area contributed by atoms with Crippen molar-refractivity contribution in [3.05, 3.63) is 24.3 Å². The summed E-state index contributed by atoms with van der Waals surface area (Å²) in [4.78, 5) is 0.276. The molecule has 0 unspecified atom stereocenters. The van der Waals surface area contributed by atoms with Gasteiger partial charge in [0, 0.05) is 7.05 Å². The van der Waals surface area contributed by atoms with Crippen LogP contribution in [0, 0.1) is 0 Å². The fourth-order valence-electron chi connectivity index (χ4n) is 2.81. The van der Waals surface area contributed by atoms with Crippen LogP contribution in [0.2, 0.25) is 0 Å². The quantitative estimate of drug-likeness (QED) is 0.765. The molecule has 0 bridgehead atoms. The average molecular weight is 282 g/mol. The molecule has 0 aromatic heterocycles.